The summed E-state index contributed by atoms with van der Waals surface area (Å²) in [6.07, 6.45) is 1.74. The SMILES string of the molecule is C[C@@H]1CN(C)CCN1C(=O)c1ccc(CCNS(C)(=O)=O)s1. The number of amides is 1. The number of sulfonamides is 1. The standard InChI is InChI=1S/C14H23N3O3S2/c1-11-10-16(2)8-9-17(11)14(18)13-5-4-12(21-13)6-7-15-22(3,19)20/h4-5,11,15H,6-10H2,1-3H3/t11-/m1/s1. The van der Waals surface area contributed by atoms with E-state index >= 15 is 0 Å². The van der Waals surface area contributed by atoms with Gasteiger partial charge in [-0.3, -0.25) is 4.79 Å². The van der Waals surface area contributed by atoms with Crippen molar-refractivity contribution in [2.24, 2.45) is 0 Å². The van der Waals surface area contributed by atoms with Gasteiger partial charge in [0.05, 0.1) is 11.1 Å². The summed E-state index contributed by atoms with van der Waals surface area (Å²) in [5, 5.41) is 0. The number of carbonyl (C=O) groups is 1. The molecule has 22 heavy (non-hydrogen) atoms. The van der Waals surface area contributed by atoms with Crippen LogP contribution in [0.15, 0.2) is 12.1 Å². The number of nitrogens with zero attached hydrogens (tertiary/aromatic N) is 2. The molecule has 1 N–H and O–H groups in total. The lowest BCUT2D eigenvalue weighted by Crippen LogP contribution is -2.52. The second-order valence-corrected chi connectivity index (χ2v) is 8.79. The summed E-state index contributed by atoms with van der Waals surface area (Å²) in [5.41, 5.74) is 0. The number of carbonyl (C=O) groups excluding carboxylic acids is 1. The van der Waals surface area contributed by atoms with Gasteiger partial charge in [0, 0.05) is 37.1 Å². The van der Waals surface area contributed by atoms with Gasteiger partial charge in [0.25, 0.3) is 5.91 Å². The highest BCUT2D eigenvalue weighted by molar-refractivity contribution is 7.88. The number of thiophene rings is 1. The molecule has 1 saturated heterocycles. The second-order valence-electron chi connectivity index (χ2n) is 5.79. The molecular weight excluding hydrogens is 322 g/mol. The van der Waals surface area contributed by atoms with Crippen molar-refractivity contribution in [2.75, 3.05) is 39.5 Å². The van der Waals surface area contributed by atoms with Gasteiger partial charge in [-0.25, -0.2) is 13.1 Å². The summed E-state index contributed by atoms with van der Waals surface area (Å²) in [4.78, 5) is 18.5. The van der Waals surface area contributed by atoms with Crippen LogP contribution in [-0.4, -0.2) is 69.6 Å². The molecule has 1 aliphatic heterocycles. The molecule has 2 heterocycles. The third-order valence-corrected chi connectivity index (χ3v) is 5.56. The van der Waals surface area contributed by atoms with Gasteiger partial charge in [-0.15, -0.1) is 11.3 Å². The van der Waals surface area contributed by atoms with Crippen LogP contribution in [0.25, 0.3) is 0 Å². The molecule has 1 fully saturated rings. The first-order chi connectivity index (χ1) is 10.3. The first-order valence-electron chi connectivity index (χ1n) is 7.29. The Morgan fingerprint density at radius 3 is 2.77 bits per heavy atom. The van der Waals surface area contributed by atoms with Crippen LogP contribution in [0.3, 0.4) is 0 Å². The Hall–Kier alpha value is -0.960. The van der Waals surface area contributed by atoms with Crippen molar-refractivity contribution in [1.29, 1.82) is 0 Å². The van der Waals surface area contributed by atoms with Crippen LogP contribution < -0.4 is 4.72 Å². The van der Waals surface area contributed by atoms with Crippen LogP contribution in [-0.2, 0) is 16.4 Å². The molecule has 0 radical (unpaired) electrons. The molecule has 0 aliphatic carbocycles. The summed E-state index contributed by atoms with van der Waals surface area (Å²) in [7, 11) is -1.09. The minimum atomic E-state index is -3.16. The molecule has 8 heteroatoms. The summed E-state index contributed by atoms with van der Waals surface area (Å²) in [6.45, 7) is 4.96. The van der Waals surface area contributed by atoms with E-state index in [1.54, 1.807) is 0 Å². The fourth-order valence-electron chi connectivity index (χ4n) is 2.57. The molecule has 0 aromatic carbocycles. The second kappa shape index (κ2) is 7.08. The van der Waals surface area contributed by atoms with Crippen molar-refractivity contribution < 1.29 is 13.2 Å². The van der Waals surface area contributed by atoms with Gasteiger partial charge in [-0.1, -0.05) is 0 Å². The van der Waals surface area contributed by atoms with E-state index in [0.29, 0.717) is 13.0 Å². The van der Waals surface area contributed by atoms with E-state index in [0.717, 1.165) is 35.6 Å². The third-order valence-electron chi connectivity index (χ3n) is 3.70. The number of rotatable bonds is 5. The highest BCUT2D eigenvalue weighted by Gasteiger charge is 2.27. The van der Waals surface area contributed by atoms with Crippen LogP contribution >= 0.6 is 11.3 Å². The maximum Gasteiger partial charge on any atom is 0.264 e. The van der Waals surface area contributed by atoms with Gasteiger partial charge < -0.3 is 9.80 Å². The lowest BCUT2D eigenvalue weighted by Gasteiger charge is -2.38. The molecule has 0 saturated carbocycles. The van der Waals surface area contributed by atoms with Crippen molar-refractivity contribution in [3.63, 3.8) is 0 Å². The molecule has 1 aromatic rings. The molecule has 0 spiro atoms. The first-order valence-corrected chi connectivity index (χ1v) is 10.00. The van der Waals surface area contributed by atoms with E-state index < -0.39 is 10.0 Å². The maximum absolute atomic E-state index is 12.6. The molecule has 1 amide bonds. The Kier molecular flexibility index (Phi) is 5.60. The van der Waals surface area contributed by atoms with Crippen molar-refractivity contribution in [3.8, 4) is 0 Å². The van der Waals surface area contributed by atoms with E-state index in [1.165, 1.54) is 11.3 Å². The zero-order valence-electron chi connectivity index (χ0n) is 13.2. The molecule has 1 aromatic heterocycles. The predicted octanol–water partition coefficient (Wildman–Crippen LogP) is 0.616. The normalized spacial score (nSPS) is 20.3. The Morgan fingerprint density at radius 1 is 1.41 bits per heavy atom. The Bertz CT molecular complexity index is 627. The highest BCUT2D eigenvalue weighted by Crippen LogP contribution is 2.21. The van der Waals surface area contributed by atoms with E-state index in [1.807, 2.05) is 17.0 Å². The first kappa shape index (κ1) is 17.4. The topological polar surface area (TPSA) is 69.7 Å². The van der Waals surface area contributed by atoms with Crippen LogP contribution in [0.5, 0.6) is 0 Å². The molecule has 124 valence electrons. The quantitative estimate of drug-likeness (QED) is 0.849. The van der Waals surface area contributed by atoms with E-state index in [2.05, 4.69) is 23.6 Å². The number of piperazine rings is 1. The zero-order chi connectivity index (χ0) is 16.3. The molecule has 1 atom stereocenters. The average molecular weight is 345 g/mol. The fraction of sp³-hybridized carbons (Fsp3) is 0.643. The van der Waals surface area contributed by atoms with E-state index in [9.17, 15) is 13.2 Å². The average Bonchev–Trinajstić information content (AvgIpc) is 2.85. The Balaban J connectivity index is 1.94. The number of likely N-dealkylation sites (N-methyl/N-ethyl adjacent to an activating group) is 1. The molecular formula is C14H23N3O3S2. The fourth-order valence-corrected chi connectivity index (χ4v) is 4.01. The number of hydrogen-bond donors (Lipinski definition) is 1. The van der Waals surface area contributed by atoms with Crippen LogP contribution in [0.2, 0.25) is 0 Å². The molecule has 0 bridgehead atoms. The largest absolute Gasteiger partial charge is 0.333 e. The van der Waals surface area contributed by atoms with Gasteiger partial charge >= 0.3 is 0 Å². The molecule has 6 nitrogen and oxygen atoms in total. The van der Waals surface area contributed by atoms with Crippen molar-refractivity contribution in [1.82, 2.24) is 14.5 Å². The van der Waals surface area contributed by atoms with E-state index in [4.69, 9.17) is 0 Å². The summed E-state index contributed by atoms with van der Waals surface area (Å²) in [5.74, 6) is 0.0768. The van der Waals surface area contributed by atoms with Crippen LogP contribution in [0.4, 0.5) is 0 Å². The van der Waals surface area contributed by atoms with E-state index in [-0.39, 0.29) is 11.9 Å². The molecule has 1 aliphatic rings. The van der Waals surface area contributed by atoms with Gasteiger partial charge in [-0.2, -0.15) is 0 Å². The highest BCUT2D eigenvalue weighted by atomic mass is 32.2. The Morgan fingerprint density at radius 2 is 2.14 bits per heavy atom. The minimum Gasteiger partial charge on any atom is -0.333 e. The third kappa shape index (κ3) is 4.77. The van der Waals surface area contributed by atoms with Gasteiger partial charge in [-0.05, 0) is 32.5 Å². The smallest absolute Gasteiger partial charge is 0.264 e. The lowest BCUT2D eigenvalue weighted by molar-refractivity contribution is 0.0538. The summed E-state index contributed by atoms with van der Waals surface area (Å²) >= 11 is 1.45. The number of hydrogen-bond acceptors (Lipinski definition) is 5. The van der Waals surface area contributed by atoms with Crippen LogP contribution in [0, 0.1) is 0 Å². The Labute approximate surface area is 136 Å². The van der Waals surface area contributed by atoms with Gasteiger partial charge in [0.1, 0.15) is 0 Å². The predicted molar refractivity (Wildman–Crippen MR) is 88.9 cm³/mol. The van der Waals surface area contributed by atoms with Crippen molar-refractivity contribution in [2.45, 2.75) is 19.4 Å². The van der Waals surface area contributed by atoms with Gasteiger partial charge in [0.2, 0.25) is 10.0 Å². The lowest BCUT2D eigenvalue weighted by atomic mass is 10.2. The monoisotopic (exact) mass is 345 g/mol. The zero-order valence-corrected chi connectivity index (χ0v) is 14.8. The van der Waals surface area contributed by atoms with Crippen molar-refractivity contribution in [3.05, 3.63) is 21.9 Å². The summed E-state index contributed by atoms with van der Waals surface area (Å²) < 4.78 is 24.5. The number of nitrogens with one attached hydrogen (secondary N) is 1. The summed E-state index contributed by atoms with van der Waals surface area (Å²) in [6, 6.07) is 3.96. The minimum absolute atomic E-state index is 0.0768. The van der Waals surface area contributed by atoms with Crippen LogP contribution in [0.1, 0.15) is 21.5 Å². The molecule has 0 unspecified atom stereocenters. The maximum atomic E-state index is 12.6. The molecule has 2 rings (SSSR count). The van der Waals surface area contributed by atoms with Crippen molar-refractivity contribution >= 4 is 27.3 Å². The van der Waals surface area contributed by atoms with Gasteiger partial charge in [0.15, 0.2) is 0 Å².